The highest BCUT2D eigenvalue weighted by Crippen LogP contribution is 2.23. The van der Waals surface area contributed by atoms with Crippen molar-refractivity contribution < 1.29 is 23.9 Å². The fourth-order valence-corrected chi connectivity index (χ4v) is 5.61. The van der Waals surface area contributed by atoms with Gasteiger partial charge in [-0.3, -0.25) is 9.59 Å². The molecule has 0 radical (unpaired) electrons. The van der Waals surface area contributed by atoms with E-state index in [1.165, 1.54) is 18.4 Å². The van der Waals surface area contributed by atoms with Crippen molar-refractivity contribution in [3.05, 3.63) is 148 Å². The van der Waals surface area contributed by atoms with Gasteiger partial charge in [-0.05, 0) is 59.8 Å². The number of amides is 1. The molecular formula is C37H34N2O5S. The van der Waals surface area contributed by atoms with Crippen LogP contribution in [0.25, 0.3) is 0 Å². The number of nitrogens with zero attached hydrogens (tertiary/aromatic N) is 1. The van der Waals surface area contributed by atoms with Gasteiger partial charge in [0.25, 0.3) is 5.91 Å². The molecule has 1 atom stereocenters. The lowest BCUT2D eigenvalue weighted by molar-refractivity contribution is -0.141. The van der Waals surface area contributed by atoms with E-state index >= 15 is 0 Å². The fourth-order valence-electron chi connectivity index (χ4n) is 4.93. The van der Waals surface area contributed by atoms with Gasteiger partial charge in [0.2, 0.25) is 0 Å². The van der Waals surface area contributed by atoms with E-state index in [0.29, 0.717) is 53.4 Å². The van der Waals surface area contributed by atoms with Crippen LogP contribution in [-0.4, -0.2) is 44.0 Å². The summed E-state index contributed by atoms with van der Waals surface area (Å²) in [6.45, 7) is 0.943. The Bertz CT molecular complexity index is 1690. The van der Waals surface area contributed by atoms with Crippen LogP contribution < -0.4 is 15.0 Å². The van der Waals surface area contributed by atoms with Crippen LogP contribution in [0.1, 0.15) is 37.6 Å². The SMILES string of the molecule is COC(=O)[C@H](Cc1ccc(OCCCN(C(=O)c2cccs2)c2ccccc2)cc1)Nc1ccccc1C(=O)c1ccccc1. The Hall–Kier alpha value is -5.21. The van der Waals surface area contributed by atoms with Gasteiger partial charge in [-0.25, -0.2) is 4.79 Å². The Morgan fingerprint density at radius 1 is 0.800 bits per heavy atom. The van der Waals surface area contributed by atoms with E-state index in [9.17, 15) is 14.4 Å². The Labute approximate surface area is 267 Å². The molecule has 0 aliphatic heterocycles. The largest absolute Gasteiger partial charge is 0.494 e. The first-order chi connectivity index (χ1) is 22.0. The lowest BCUT2D eigenvalue weighted by Crippen LogP contribution is -2.33. The molecule has 0 saturated carbocycles. The second kappa shape index (κ2) is 15.5. The van der Waals surface area contributed by atoms with E-state index in [1.54, 1.807) is 35.2 Å². The third-order valence-corrected chi connectivity index (χ3v) is 8.08. The summed E-state index contributed by atoms with van der Waals surface area (Å²) < 4.78 is 11.1. The molecule has 0 saturated heterocycles. The standard InChI is InChI=1S/C37H34N2O5S/c1-43-37(42)33(38-32-17-9-8-16-31(32)35(40)28-12-4-2-5-13-28)26-27-19-21-30(22-20-27)44-24-11-23-39(29-14-6-3-7-15-29)36(41)34-18-10-25-45-34/h2-10,12-22,25,33,38H,11,23-24,26H2,1H3/t33-/m0/s1. The van der Waals surface area contributed by atoms with E-state index in [1.807, 2.05) is 96.4 Å². The number of thiophene rings is 1. The minimum absolute atomic E-state index is 0.0265. The van der Waals surface area contributed by atoms with Gasteiger partial charge in [0.05, 0.1) is 18.6 Å². The van der Waals surface area contributed by atoms with Crippen LogP contribution in [0.15, 0.2) is 127 Å². The Morgan fingerprint density at radius 2 is 1.49 bits per heavy atom. The summed E-state index contributed by atoms with van der Waals surface area (Å²) in [5, 5.41) is 5.14. The molecule has 1 N–H and O–H groups in total. The van der Waals surface area contributed by atoms with Gasteiger partial charge in [0.15, 0.2) is 5.78 Å². The average molecular weight is 619 g/mol. The highest BCUT2D eigenvalue weighted by molar-refractivity contribution is 7.12. The second-order valence-electron chi connectivity index (χ2n) is 10.3. The van der Waals surface area contributed by atoms with Gasteiger partial charge >= 0.3 is 5.97 Å². The molecular weight excluding hydrogens is 584 g/mol. The van der Waals surface area contributed by atoms with Crippen LogP contribution in [0.5, 0.6) is 5.75 Å². The number of hydrogen-bond acceptors (Lipinski definition) is 7. The number of nitrogens with one attached hydrogen (secondary N) is 1. The van der Waals surface area contributed by atoms with Gasteiger partial charge in [-0.1, -0.05) is 78.9 Å². The van der Waals surface area contributed by atoms with Crippen molar-refractivity contribution >= 4 is 40.4 Å². The predicted octanol–water partition coefficient (Wildman–Crippen LogP) is 7.29. The number of rotatable bonds is 14. The molecule has 1 amide bonds. The van der Waals surface area contributed by atoms with Crippen molar-refractivity contribution in [3.63, 3.8) is 0 Å². The van der Waals surface area contributed by atoms with E-state index in [2.05, 4.69) is 5.32 Å². The van der Waals surface area contributed by atoms with Gasteiger partial charge < -0.3 is 19.7 Å². The first-order valence-electron chi connectivity index (χ1n) is 14.7. The van der Waals surface area contributed by atoms with E-state index < -0.39 is 12.0 Å². The van der Waals surface area contributed by atoms with Crippen molar-refractivity contribution in [1.29, 1.82) is 0 Å². The highest BCUT2D eigenvalue weighted by atomic mass is 32.1. The van der Waals surface area contributed by atoms with Gasteiger partial charge in [-0.15, -0.1) is 11.3 Å². The average Bonchev–Trinajstić information content (AvgIpc) is 3.64. The first kappa shape index (κ1) is 31.2. The topological polar surface area (TPSA) is 84.9 Å². The first-order valence-corrected chi connectivity index (χ1v) is 15.6. The molecule has 5 rings (SSSR count). The lowest BCUT2D eigenvalue weighted by Gasteiger charge is -2.22. The number of carbonyl (C=O) groups excluding carboxylic acids is 3. The zero-order valence-electron chi connectivity index (χ0n) is 24.9. The summed E-state index contributed by atoms with van der Waals surface area (Å²) in [5.41, 5.74) is 3.35. The predicted molar refractivity (Wildman–Crippen MR) is 178 cm³/mol. The fraction of sp³-hybridized carbons (Fsp3) is 0.162. The summed E-state index contributed by atoms with van der Waals surface area (Å²) >= 11 is 1.43. The molecule has 5 aromatic rings. The minimum Gasteiger partial charge on any atom is -0.494 e. The van der Waals surface area contributed by atoms with Crippen LogP contribution in [0.2, 0.25) is 0 Å². The van der Waals surface area contributed by atoms with Crippen molar-refractivity contribution in [2.75, 3.05) is 30.5 Å². The Balaban J connectivity index is 1.19. The molecule has 45 heavy (non-hydrogen) atoms. The molecule has 0 aliphatic carbocycles. The van der Waals surface area contributed by atoms with Crippen molar-refractivity contribution in [1.82, 2.24) is 0 Å². The molecule has 1 aromatic heterocycles. The van der Waals surface area contributed by atoms with Gasteiger partial charge in [0, 0.05) is 35.5 Å². The minimum atomic E-state index is -0.712. The van der Waals surface area contributed by atoms with Crippen LogP contribution in [0.4, 0.5) is 11.4 Å². The summed E-state index contributed by atoms with van der Waals surface area (Å²) in [7, 11) is 1.35. The molecule has 0 unspecified atom stereocenters. The lowest BCUT2D eigenvalue weighted by atomic mass is 10.00. The number of ketones is 1. The summed E-state index contributed by atoms with van der Waals surface area (Å²) in [6, 6.07) is 36.4. The zero-order chi connectivity index (χ0) is 31.4. The van der Waals surface area contributed by atoms with Crippen molar-refractivity contribution in [2.45, 2.75) is 18.9 Å². The van der Waals surface area contributed by atoms with Crippen LogP contribution >= 0.6 is 11.3 Å². The molecule has 1 heterocycles. The molecule has 8 heteroatoms. The van der Waals surface area contributed by atoms with Crippen LogP contribution in [0.3, 0.4) is 0 Å². The summed E-state index contributed by atoms with van der Waals surface area (Å²) in [4.78, 5) is 41.6. The normalized spacial score (nSPS) is 11.3. The summed E-state index contributed by atoms with van der Waals surface area (Å²) in [5.74, 6) is 0.0984. The Morgan fingerprint density at radius 3 is 2.18 bits per heavy atom. The maximum atomic E-state index is 13.2. The third-order valence-electron chi connectivity index (χ3n) is 7.23. The molecule has 0 aliphatic rings. The van der Waals surface area contributed by atoms with E-state index in [-0.39, 0.29) is 11.7 Å². The summed E-state index contributed by atoms with van der Waals surface area (Å²) in [6.07, 6.45) is 0.987. The maximum Gasteiger partial charge on any atom is 0.328 e. The molecule has 0 fully saturated rings. The molecule has 228 valence electrons. The number of para-hydroxylation sites is 2. The molecule has 0 bridgehead atoms. The van der Waals surface area contributed by atoms with Crippen molar-refractivity contribution in [3.8, 4) is 5.75 Å². The van der Waals surface area contributed by atoms with Gasteiger partial charge in [0.1, 0.15) is 11.8 Å². The number of anilines is 2. The number of esters is 1. The third kappa shape index (κ3) is 8.25. The highest BCUT2D eigenvalue weighted by Gasteiger charge is 2.23. The zero-order valence-corrected chi connectivity index (χ0v) is 25.7. The maximum absolute atomic E-state index is 13.2. The molecule has 7 nitrogen and oxygen atoms in total. The number of methoxy groups -OCH3 is 1. The van der Waals surface area contributed by atoms with Gasteiger partial charge in [-0.2, -0.15) is 0 Å². The molecule has 0 spiro atoms. The smallest absolute Gasteiger partial charge is 0.328 e. The number of benzene rings is 4. The number of carbonyl (C=O) groups is 3. The van der Waals surface area contributed by atoms with Crippen LogP contribution in [-0.2, 0) is 16.0 Å². The van der Waals surface area contributed by atoms with Crippen LogP contribution in [0, 0.1) is 0 Å². The molecule has 4 aromatic carbocycles. The van der Waals surface area contributed by atoms with Crippen molar-refractivity contribution in [2.24, 2.45) is 0 Å². The monoisotopic (exact) mass is 618 g/mol. The number of hydrogen-bond donors (Lipinski definition) is 1. The Kier molecular flexibility index (Phi) is 10.8. The second-order valence-corrected chi connectivity index (χ2v) is 11.2. The number of ether oxygens (including phenoxy) is 2. The van der Waals surface area contributed by atoms with E-state index in [0.717, 1.165) is 11.3 Å². The van der Waals surface area contributed by atoms with E-state index in [4.69, 9.17) is 9.47 Å². The quantitative estimate of drug-likeness (QED) is 0.0799.